The van der Waals surface area contributed by atoms with Crippen molar-refractivity contribution in [3.05, 3.63) is 34.9 Å². The molecule has 1 amide bonds. The van der Waals surface area contributed by atoms with Crippen LogP contribution in [-0.2, 0) is 4.79 Å². The van der Waals surface area contributed by atoms with Crippen molar-refractivity contribution in [1.29, 1.82) is 0 Å². The fourth-order valence-electron chi connectivity index (χ4n) is 1.72. The third kappa shape index (κ3) is 4.31. The summed E-state index contributed by atoms with van der Waals surface area (Å²) in [6.07, 6.45) is 0.328. The summed E-state index contributed by atoms with van der Waals surface area (Å²) in [4.78, 5) is 13.8. The van der Waals surface area contributed by atoms with E-state index in [0.717, 1.165) is 5.56 Å². The molecule has 3 nitrogen and oxygen atoms in total. The maximum absolute atomic E-state index is 12.1. The van der Waals surface area contributed by atoms with E-state index in [4.69, 9.17) is 17.3 Å². The monoisotopic (exact) mass is 268 g/mol. The van der Waals surface area contributed by atoms with Crippen molar-refractivity contribution in [1.82, 2.24) is 4.90 Å². The Hall–Kier alpha value is -1.06. The summed E-state index contributed by atoms with van der Waals surface area (Å²) in [6.45, 7) is 5.68. The van der Waals surface area contributed by atoms with Crippen molar-refractivity contribution >= 4 is 17.5 Å². The summed E-state index contributed by atoms with van der Waals surface area (Å²) in [5.74, 6) is 0.0370. The molecular weight excluding hydrogens is 248 g/mol. The number of amides is 1. The summed E-state index contributed by atoms with van der Waals surface area (Å²) < 4.78 is 0. The smallest absolute Gasteiger partial charge is 0.224 e. The van der Waals surface area contributed by atoms with Gasteiger partial charge in [0.25, 0.3) is 0 Å². The zero-order valence-electron chi connectivity index (χ0n) is 11.4. The van der Waals surface area contributed by atoms with Crippen molar-refractivity contribution in [2.24, 2.45) is 5.73 Å². The van der Waals surface area contributed by atoms with E-state index < -0.39 is 5.54 Å². The number of nitrogens with zero attached hydrogens (tertiary/aromatic N) is 1. The average Bonchev–Trinajstić information content (AvgIpc) is 2.24. The van der Waals surface area contributed by atoms with Crippen LogP contribution in [0.15, 0.2) is 24.3 Å². The number of hydrogen-bond donors (Lipinski definition) is 1. The van der Waals surface area contributed by atoms with Crippen LogP contribution in [0.25, 0.3) is 0 Å². The molecule has 18 heavy (non-hydrogen) atoms. The van der Waals surface area contributed by atoms with E-state index in [1.165, 1.54) is 0 Å². The van der Waals surface area contributed by atoms with E-state index in [-0.39, 0.29) is 11.9 Å². The Kier molecular flexibility index (Phi) is 4.77. The Bertz CT molecular complexity index is 426. The van der Waals surface area contributed by atoms with Gasteiger partial charge < -0.3 is 10.6 Å². The number of rotatable bonds is 4. The highest BCUT2D eigenvalue weighted by Gasteiger charge is 2.23. The molecule has 0 saturated heterocycles. The summed E-state index contributed by atoms with van der Waals surface area (Å²) in [5.41, 5.74) is 6.40. The highest BCUT2D eigenvalue weighted by molar-refractivity contribution is 6.30. The molecule has 100 valence electrons. The van der Waals surface area contributed by atoms with Crippen LogP contribution in [-0.4, -0.2) is 23.4 Å². The fourth-order valence-corrected chi connectivity index (χ4v) is 1.92. The van der Waals surface area contributed by atoms with Crippen molar-refractivity contribution in [3.63, 3.8) is 0 Å². The second-order valence-corrected chi connectivity index (χ2v) is 5.84. The second kappa shape index (κ2) is 5.72. The quantitative estimate of drug-likeness (QED) is 0.913. The average molecular weight is 269 g/mol. The van der Waals surface area contributed by atoms with Gasteiger partial charge in [0.05, 0.1) is 6.04 Å². The Morgan fingerprint density at radius 3 is 2.61 bits per heavy atom. The predicted octanol–water partition coefficient (Wildman–Crippen LogP) is 2.99. The van der Waals surface area contributed by atoms with Gasteiger partial charge in [-0.05, 0) is 38.5 Å². The van der Waals surface area contributed by atoms with Gasteiger partial charge in [0.2, 0.25) is 5.91 Å². The highest BCUT2D eigenvalue weighted by atomic mass is 35.5. The van der Waals surface area contributed by atoms with Crippen molar-refractivity contribution in [3.8, 4) is 0 Å². The number of halogens is 1. The molecule has 0 bridgehead atoms. The number of nitrogens with two attached hydrogens (primary N) is 1. The lowest BCUT2D eigenvalue weighted by atomic mass is 10.0. The van der Waals surface area contributed by atoms with E-state index in [1.807, 2.05) is 45.0 Å². The molecule has 0 heterocycles. The van der Waals surface area contributed by atoms with Crippen molar-refractivity contribution < 1.29 is 4.79 Å². The molecule has 0 aromatic heterocycles. The molecule has 0 aliphatic rings. The summed E-state index contributed by atoms with van der Waals surface area (Å²) in [7, 11) is 1.79. The van der Waals surface area contributed by atoms with Gasteiger partial charge in [-0.3, -0.25) is 4.79 Å². The first kappa shape index (κ1) is 15.0. The minimum absolute atomic E-state index is 0.0152. The normalized spacial score (nSPS) is 13.2. The molecule has 1 unspecified atom stereocenters. The Morgan fingerprint density at radius 2 is 2.11 bits per heavy atom. The maximum atomic E-state index is 12.1. The largest absolute Gasteiger partial charge is 0.339 e. The van der Waals surface area contributed by atoms with Gasteiger partial charge in [-0.25, -0.2) is 0 Å². The predicted molar refractivity (Wildman–Crippen MR) is 75.5 cm³/mol. The van der Waals surface area contributed by atoms with Crippen molar-refractivity contribution in [2.75, 3.05) is 7.05 Å². The fraction of sp³-hybridized carbons (Fsp3) is 0.500. The van der Waals surface area contributed by atoms with Crippen molar-refractivity contribution in [2.45, 2.75) is 38.8 Å². The minimum atomic E-state index is -0.487. The number of hydrogen-bond acceptors (Lipinski definition) is 2. The molecule has 1 rings (SSSR count). The lowest BCUT2D eigenvalue weighted by Gasteiger charge is -2.28. The Labute approximate surface area is 114 Å². The molecule has 4 heteroatoms. The molecule has 1 atom stereocenters. The van der Waals surface area contributed by atoms with E-state index in [0.29, 0.717) is 11.4 Å². The van der Waals surface area contributed by atoms with Gasteiger partial charge in [-0.1, -0.05) is 23.7 Å². The van der Waals surface area contributed by atoms with E-state index in [9.17, 15) is 4.79 Å². The number of carbonyl (C=O) groups excluding carboxylic acids is 1. The zero-order valence-corrected chi connectivity index (χ0v) is 12.2. The summed E-state index contributed by atoms with van der Waals surface area (Å²) in [6, 6.07) is 7.54. The first-order valence-corrected chi connectivity index (χ1v) is 6.38. The van der Waals surface area contributed by atoms with Crippen LogP contribution in [0.1, 0.15) is 38.8 Å². The molecule has 0 aliphatic carbocycles. The molecule has 0 saturated carbocycles. The third-order valence-corrected chi connectivity index (χ3v) is 3.15. The lowest BCUT2D eigenvalue weighted by molar-refractivity contribution is -0.132. The molecule has 1 aromatic rings. The highest BCUT2D eigenvalue weighted by Crippen LogP contribution is 2.23. The molecule has 0 spiro atoms. The number of benzene rings is 1. The zero-order chi connectivity index (χ0) is 13.9. The standard InChI is InChI=1S/C14H21ClN2O/c1-10(11-6-5-7-12(15)8-11)17(4)13(18)9-14(2,3)16/h5-8,10H,9,16H2,1-4H3. The first-order valence-electron chi connectivity index (χ1n) is 6.01. The van der Waals surface area contributed by atoms with Gasteiger partial charge in [-0.15, -0.1) is 0 Å². The van der Waals surface area contributed by atoms with Gasteiger partial charge in [0.15, 0.2) is 0 Å². The van der Waals surface area contributed by atoms with E-state index in [2.05, 4.69) is 0 Å². The molecule has 0 aliphatic heterocycles. The lowest BCUT2D eigenvalue weighted by Crippen LogP contribution is -2.40. The SMILES string of the molecule is CC(c1cccc(Cl)c1)N(C)C(=O)CC(C)(C)N. The molecule has 0 fully saturated rings. The summed E-state index contributed by atoms with van der Waals surface area (Å²) >= 11 is 5.96. The van der Waals surface area contributed by atoms with Gasteiger partial charge in [0.1, 0.15) is 0 Å². The summed E-state index contributed by atoms with van der Waals surface area (Å²) in [5, 5.41) is 0.680. The van der Waals surface area contributed by atoms with Crippen LogP contribution in [0.3, 0.4) is 0 Å². The van der Waals surface area contributed by atoms with Gasteiger partial charge in [0, 0.05) is 24.0 Å². The Balaban J connectivity index is 2.78. The van der Waals surface area contributed by atoms with E-state index in [1.54, 1.807) is 11.9 Å². The number of carbonyl (C=O) groups is 1. The molecular formula is C14H21ClN2O. The van der Waals surface area contributed by atoms with Crippen LogP contribution in [0, 0.1) is 0 Å². The Morgan fingerprint density at radius 1 is 1.50 bits per heavy atom. The third-order valence-electron chi connectivity index (χ3n) is 2.91. The van der Waals surface area contributed by atoms with Crippen LogP contribution >= 0.6 is 11.6 Å². The molecule has 1 aromatic carbocycles. The minimum Gasteiger partial charge on any atom is -0.339 e. The van der Waals surface area contributed by atoms with Crippen LogP contribution in [0.4, 0.5) is 0 Å². The van der Waals surface area contributed by atoms with Gasteiger partial charge in [-0.2, -0.15) is 0 Å². The second-order valence-electron chi connectivity index (χ2n) is 5.40. The van der Waals surface area contributed by atoms with E-state index >= 15 is 0 Å². The molecule has 2 N–H and O–H groups in total. The van der Waals surface area contributed by atoms with Crippen LogP contribution in [0.5, 0.6) is 0 Å². The first-order chi connectivity index (χ1) is 8.20. The van der Waals surface area contributed by atoms with Gasteiger partial charge >= 0.3 is 0 Å². The molecule has 0 radical (unpaired) electrons. The van der Waals surface area contributed by atoms with Crippen LogP contribution in [0.2, 0.25) is 5.02 Å². The van der Waals surface area contributed by atoms with Crippen LogP contribution < -0.4 is 5.73 Å². The topological polar surface area (TPSA) is 46.3 Å². The maximum Gasteiger partial charge on any atom is 0.224 e.